The summed E-state index contributed by atoms with van der Waals surface area (Å²) < 4.78 is 2.28. The quantitative estimate of drug-likeness (QED) is 0.468. The topological polar surface area (TPSA) is 0 Å². The minimum absolute atomic E-state index is 0.204. The van der Waals surface area contributed by atoms with Crippen molar-refractivity contribution in [2.24, 2.45) is 0 Å². The Morgan fingerprint density at radius 1 is 1.00 bits per heavy atom. The van der Waals surface area contributed by atoms with E-state index in [1.165, 1.54) is 22.3 Å². The van der Waals surface area contributed by atoms with Gasteiger partial charge in [0.15, 0.2) is 0 Å². The third-order valence-electron chi connectivity index (χ3n) is 3.26. The molecule has 0 bridgehead atoms. The molecule has 0 aliphatic carbocycles. The van der Waals surface area contributed by atoms with Crippen molar-refractivity contribution in [1.82, 2.24) is 0 Å². The number of hydrogen-bond acceptors (Lipinski definition) is 0. The summed E-state index contributed by atoms with van der Waals surface area (Å²) in [5.74, 6) is 0. The molecule has 100 valence electrons. The Hall–Kier alpha value is -0.120. The highest BCUT2D eigenvalue weighted by Gasteiger charge is 2.17. The number of halogens is 3. The molecule has 2 aromatic rings. The molecule has 0 N–H and O–H groups in total. The molecule has 0 nitrogen and oxygen atoms in total. The van der Waals surface area contributed by atoms with Crippen LogP contribution in [0.2, 0.25) is 0 Å². The number of alkyl halides is 1. The Balaban J connectivity index is 2.50. The number of benzene rings is 2. The van der Waals surface area contributed by atoms with Crippen LogP contribution in [0, 0.1) is 6.92 Å². The first-order chi connectivity index (χ1) is 9.04. The Labute approximate surface area is 140 Å². The van der Waals surface area contributed by atoms with Crippen LogP contribution in [0.1, 0.15) is 34.0 Å². The Morgan fingerprint density at radius 3 is 2.37 bits per heavy atom. The number of rotatable bonds is 3. The molecule has 1 unspecified atom stereocenters. The third-order valence-corrected chi connectivity index (χ3v) is 5.79. The molecule has 0 saturated heterocycles. The minimum Gasteiger partial charge on any atom is -0.0786 e. The van der Waals surface area contributed by atoms with E-state index in [4.69, 9.17) is 0 Å². The Morgan fingerprint density at radius 2 is 1.68 bits per heavy atom. The first-order valence-corrected chi connectivity index (χ1v) is 8.72. The van der Waals surface area contributed by atoms with E-state index in [1.807, 2.05) is 0 Å². The normalized spacial score (nSPS) is 12.5. The second-order valence-electron chi connectivity index (χ2n) is 4.54. The average molecular weight is 447 g/mol. The van der Waals surface area contributed by atoms with Gasteiger partial charge in [0.25, 0.3) is 0 Å². The average Bonchev–Trinajstić information content (AvgIpc) is 2.42. The van der Waals surface area contributed by atoms with Gasteiger partial charge in [-0.05, 0) is 47.7 Å². The van der Waals surface area contributed by atoms with Crippen molar-refractivity contribution in [1.29, 1.82) is 0 Å². The first kappa shape index (κ1) is 15.3. The zero-order valence-electron chi connectivity index (χ0n) is 10.9. The standard InChI is InChI=1S/C16H15Br3/c1-3-11-6-4-5-7-12(11)16(19)13-9-14(17)10(2)8-15(13)18/h4-9,16H,3H2,1-2H3. The van der Waals surface area contributed by atoms with Crippen LogP contribution < -0.4 is 0 Å². The molecule has 1 atom stereocenters. The van der Waals surface area contributed by atoms with Crippen molar-refractivity contribution in [3.63, 3.8) is 0 Å². The molecule has 3 heteroatoms. The van der Waals surface area contributed by atoms with Crippen LogP contribution in [0.15, 0.2) is 45.3 Å². The van der Waals surface area contributed by atoms with E-state index in [9.17, 15) is 0 Å². The zero-order valence-corrected chi connectivity index (χ0v) is 15.6. The van der Waals surface area contributed by atoms with Crippen LogP contribution in [0.25, 0.3) is 0 Å². The summed E-state index contributed by atoms with van der Waals surface area (Å²) in [5.41, 5.74) is 5.20. The molecule has 2 aromatic carbocycles. The third kappa shape index (κ3) is 3.32. The second kappa shape index (κ2) is 6.55. The van der Waals surface area contributed by atoms with Crippen molar-refractivity contribution >= 4 is 47.8 Å². The highest BCUT2D eigenvalue weighted by Crippen LogP contribution is 2.39. The fourth-order valence-corrected chi connectivity index (χ4v) is 4.31. The van der Waals surface area contributed by atoms with Crippen LogP contribution >= 0.6 is 47.8 Å². The van der Waals surface area contributed by atoms with Crippen LogP contribution in [0.4, 0.5) is 0 Å². The van der Waals surface area contributed by atoms with Gasteiger partial charge in [0.05, 0.1) is 4.83 Å². The summed E-state index contributed by atoms with van der Waals surface area (Å²) in [6, 6.07) is 12.9. The van der Waals surface area contributed by atoms with Gasteiger partial charge in [0.2, 0.25) is 0 Å². The van der Waals surface area contributed by atoms with Crippen molar-refractivity contribution < 1.29 is 0 Å². The van der Waals surface area contributed by atoms with Gasteiger partial charge >= 0.3 is 0 Å². The summed E-state index contributed by atoms with van der Waals surface area (Å²) in [6.07, 6.45) is 1.04. The minimum atomic E-state index is 0.204. The predicted octanol–water partition coefficient (Wildman–Crippen LogP) is 6.57. The lowest BCUT2D eigenvalue weighted by atomic mass is 9.98. The SMILES string of the molecule is CCc1ccccc1C(Br)c1cc(Br)c(C)cc1Br. The largest absolute Gasteiger partial charge is 0.0786 e. The van der Waals surface area contributed by atoms with Crippen LogP contribution in [-0.2, 0) is 6.42 Å². The van der Waals surface area contributed by atoms with Crippen molar-refractivity contribution in [3.8, 4) is 0 Å². The van der Waals surface area contributed by atoms with E-state index < -0.39 is 0 Å². The molecule has 0 amide bonds. The fraction of sp³-hybridized carbons (Fsp3) is 0.250. The smallest absolute Gasteiger partial charge is 0.0658 e. The van der Waals surface area contributed by atoms with Gasteiger partial charge in [-0.25, -0.2) is 0 Å². The lowest BCUT2D eigenvalue weighted by Gasteiger charge is -2.17. The molecule has 0 aliphatic rings. The molecule has 0 fully saturated rings. The molecule has 0 heterocycles. The Kier molecular flexibility index (Phi) is 5.27. The predicted molar refractivity (Wildman–Crippen MR) is 93.2 cm³/mol. The van der Waals surface area contributed by atoms with Gasteiger partial charge in [0.1, 0.15) is 0 Å². The summed E-state index contributed by atoms with van der Waals surface area (Å²) in [5, 5.41) is 0. The van der Waals surface area contributed by atoms with E-state index in [0.717, 1.165) is 15.4 Å². The van der Waals surface area contributed by atoms with E-state index in [-0.39, 0.29) is 4.83 Å². The van der Waals surface area contributed by atoms with E-state index in [0.29, 0.717) is 0 Å². The second-order valence-corrected chi connectivity index (χ2v) is 7.16. The molecular weight excluding hydrogens is 432 g/mol. The fourth-order valence-electron chi connectivity index (χ4n) is 2.13. The van der Waals surface area contributed by atoms with Crippen molar-refractivity contribution in [2.75, 3.05) is 0 Å². The lowest BCUT2D eigenvalue weighted by molar-refractivity contribution is 1.05. The maximum Gasteiger partial charge on any atom is 0.0658 e. The first-order valence-electron chi connectivity index (χ1n) is 6.22. The highest BCUT2D eigenvalue weighted by atomic mass is 79.9. The molecular formula is C16H15Br3. The molecule has 2 rings (SSSR count). The van der Waals surface area contributed by atoms with Crippen LogP contribution in [-0.4, -0.2) is 0 Å². The van der Waals surface area contributed by atoms with Crippen molar-refractivity contribution in [2.45, 2.75) is 25.1 Å². The van der Waals surface area contributed by atoms with Crippen LogP contribution in [0.5, 0.6) is 0 Å². The highest BCUT2D eigenvalue weighted by molar-refractivity contribution is 9.11. The van der Waals surface area contributed by atoms with Gasteiger partial charge in [-0.1, -0.05) is 79.0 Å². The zero-order chi connectivity index (χ0) is 14.0. The van der Waals surface area contributed by atoms with E-state index in [2.05, 4.69) is 98.0 Å². The summed E-state index contributed by atoms with van der Waals surface area (Å²) in [6.45, 7) is 4.29. The molecule has 0 radical (unpaired) electrons. The van der Waals surface area contributed by atoms with Gasteiger partial charge in [-0.3, -0.25) is 0 Å². The maximum absolute atomic E-state index is 3.84. The van der Waals surface area contributed by atoms with E-state index >= 15 is 0 Å². The summed E-state index contributed by atoms with van der Waals surface area (Å²) in [4.78, 5) is 0.204. The monoisotopic (exact) mass is 444 g/mol. The van der Waals surface area contributed by atoms with Gasteiger partial charge < -0.3 is 0 Å². The van der Waals surface area contributed by atoms with Crippen LogP contribution in [0.3, 0.4) is 0 Å². The Bertz CT molecular complexity index is 591. The molecule has 0 aliphatic heterocycles. The van der Waals surface area contributed by atoms with Gasteiger partial charge in [-0.2, -0.15) is 0 Å². The number of aryl methyl sites for hydroxylation is 2. The maximum atomic E-state index is 3.84. The van der Waals surface area contributed by atoms with Gasteiger partial charge in [-0.15, -0.1) is 0 Å². The molecule has 0 aromatic heterocycles. The summed E-state index contributed by atoms with van der Waals surface area (Å²) >= 11 is 11.1. The lowest BCUT2D eigenvalue weighted by Crippen LogP contribution is -1.99. The molecule has 0 saturated carbocycles. The molecule has 19 heavy (non-hydrogen) atoms. The summed E-state index contributed by atoms with van der Waals surface area (Å²) in [7, 11) is 0. The number of hydrogen-bond donors (Lipinski definition) is 0. The van der Waals surface area contributed by atoms with Crippen molar-refractivity contribution in [3.05, 3.63) is 67.6 Å². The van der Waals surface area contributed by atoms with E-state index in [1.54, 1.807) is 0 Å². The van der Waals surface area contributed by atoms with Gasteiger partial charge in [0, 0.05) is 8.95 Å². The molecule has 0 spiro atoms.